The third-order valence-corrected chi connectivity index (χ3v) is 7.34. The predicted octanol–water partition coefficient (Wildman–Crippen LogP) is 7.32. The summed E-state index contributed by atoms with van der Waals surface area (Å²) >= 11 is 0. The lowest BCUT2D eigenvalue weighted by molar-refractivity contribution is -0.139. The standard InChI is InChI=1S/C32H33NO4/c1-3-9-29(32(34)35)27-13-8-7-12-26(27)28-16-14-23-20-24(15-17-25(23)28)36-19-18-30-21(2)37-31(33-30)22-10-5-4-6-11-22/h4-8,10-13,15,17,20,28-29H,3,9,14,16,18-19H2,1-2H3,(H,34,35). The first-order valence-corrected chi connectivity index (χ1v) is 13.1. The predicted molar refractivity (Wildman–Crippen MR) is 144 cm³/mol. The molecule has 0 aliphatic heterocycles. The zero-order valence-corrected chi connectivity index (χ0v) is 21.4. The van der Waals surface area contributed by atoms with Crippen LogP contribution in [0.1, 0.15) is 71.7 Å². The number of carboxylic acids is 1. The van der Waals surface area contributed by atoms with Crippen molar-refractivity contribution < 1.29 is 19.1 Å². The molecule has 5 nitrogen and oxygen atoms in total. The second-order valence-corrected chi connectivity index (χ2v) is 9.75. The fourth-order valence-corrected chi connectivity index (χ4v) is 5.48. The Labute approximate surface area is 218 Å². The lowest BCUT2D eigenvalue weighted by Crippen LogP contribution is -2.15. The summed E-state index contributed by atoms with van der Waals surface area (Å²) in [5.74, 6) is 1.33. The fraction of sp³-hybridized carbons (Fsp3) is 0.312. The summed E-state index contributed by atoms with van der Waals surface area (Å²) in [5, 5.41) is 9.87. The molecule has 37 heavy (non-hydrogen) atoms. The van der Waals surface area contributed by atoms with Gasteiger partial charge in [0, 0.05) is 17.9 Å². The maximum Gasteiger partial charge on any atom is 0.310 e. The van der Waals surface area contributed by atoms with Gasteiger partial charge in [0.2, 0.25) is 5.89 Å². The third-order valence-electron chi connectivity index (χ3n) is 7.34. The second-order valence-electron chi connectivity index (χ2n) is 9.75. The van der Waals surface area contributed by atoms with E-state index in [2.05, 4.69) is 23.2 Å². The average Bonchev–Trinajstić information content (AvgIpc) is 3.51. The Bertz CT molecular complexity index is 1370. The largest absolute Gasteiger partial charge is 0.493 e. The molecular formula is C32H33NO4. The molecule has 2 atom stereocenters. The summed E-state index contributed by atoms with van der Waals surface area (Å²) in [6.07, 6.45) is 4.10. The van der Waals surface area contributed by atoms with Crippen LogP contribution in [0.25, 0.3) is 11.5 Å². The van der Waals surface area contributed by atoms with Crippen LogP contribution in [0.2, 0.25) is 0 Å². The minimum atomic E-state index is -0.741. The van der Waals surface area contributed by atoms with Crippen molar-refractivity contribution in [1.82, 2.24) is 4.98 Å². The normalized spacial score (nSPS) is 15.4. The van der Waals surface area contributed by atoms with Gasteiger partial charge in [-0.15, -0.1) is 0 Å². The van der Waals surface area contributed by atoms with E-state index < -0.39 is 11.9 Å². The summed E-state index contributed by atoms with van der Waals surface area (Å²) in [7, 11) is 0. The van der Waals surface area contributed by atoms with Crippen LogP contribution in [0.5, 0.6) is 5.75 Å². The van der Waals surface area contributed by atoms with Crippen LogP contribution in [0, 0.1) is 6.92 Å². The van der Waals surface area contributed by atoms with E-state index in [0.717, 1.165) is 53.2 Å². The molecule has 1 heterocycles. The summed E-state index contributed by atoms with van der Waals surface area (Å²) < 4.78 is 12.0. The number of ether oxygens (including phenoxy) is 1. The molecule has 5 heteroatoms. The van der Waals surface area contributed by atoms with Gasteiger partial charge in [0.15, 0.2) is 0 Å². The molecule has 2 unspecified atom stereocenters. The number of aromatic nitrogens is 1. The molecule has 0 saturated heterocycles. The summed E-state index contributed by atoms with van der Waals surface area (Å²) in [6.45, 7) is 4.50. The summed E-state index contributed by atoms with van der Waals surface area (Å²) in [5.41, 5.74) is 6.54. The Balaban J connectivity index is 1.28. The highest BCUT2D eigenvalue weighted by Gasteiger charge is 2.30. The van der Waals surface area contributed by atoms with E-state index >= 15 is 0 Å². The molecule has 0 fully saturated rings. The van der Waals surface area contributed by atoms with Gasteiger partial charge in [-0.1, -0.05) is 61.9 Å². The van der Waals surface area contributed by atoms with E-state index in [1.165, 1.54) is 11.1 Å². The number of carboxylic acid groups (broad SMARTS) is 1. The number of fused-ring (bicyclic) bond motifs is 1. The van der Waals surface area contributed by atoms with Crippen LogP contribution in [0.15, 0.2) is 77.2 Å². The van der Waals surface area contributed by atoms with Crippen molar-refractivity contribution in [1.29, 1.82) is 0 Å². The second kappa shape index (κ2) is 11.0. The van der Waals surface area contributed by atoms with E-state index in [-0.39, 0.29) is 5.92 Å². The Hall–Kier alpha value is -3.86. The van der Waals surface area contributed by atoms with Gasteiger partial charge in [0.1, 0.15) is 11.5 Å². The Kier molecular flexibility index (Phi) is 7.40. The van der Waals surface area contributed by atoms with Crippen molar-refractivity contribution in [2.24, 2.45) is 0 Å². The van der Waals surface area contributed by atoms with Gasteiger partial charge in [-0.05, 0) is 72.7 Å². The monoisotopic (exact) mass is 495 g/mol. The number of aryl methyl sites for hydroxylation is 2. The van der Waals surface area contributed by atoms with Crippen molar-refractivity contribution in [2.45, 2.75) is 57.8 Å². The number of rotatable bonds is 10. The number of hydrogen-bond donors (Lipinski definition) is 1. The van der Waals surface area contributed by atoms with E-state index in [4.69, 9.17) is 9.15 Å². The quantitative estimate of drug-likeness (QED) is 0.250. The van der Waals surface area contributed by atoms with Crippen molar-refractivity contribution >= 4 is 5.97 Å². The van der Waals surface area contributed by atoms with Crippen molar-refractivity contribution in [2.75, 3.05) is 6.61 Å². The minimum Gasteiger partial charge on any atom is -0.493 e. The smallest absolute Gasteiger partial charge is 0.310 e. The molecule has 0 spiro atoms. The molecule has 190 valence electrons. The molecule has 3 aromatic carbocycles. The van der Waals surface area contributed by atoms with Crippen LogP contribution >= 0.6 is 0 Å². The van der Waals surface area contributed by atoms with Gasteiger partial charge in [-0.2, -0.15) is 0 Å². The highest BCUT2D eigenvalue weighted by Crippen LogP contribution is 2.42. The molecule has 5 rings (SSSR count). The zero-order valence-electron chi connectivity index (χ0n) is 21.4. The number of oxazole rings is 1. The minimum absolute atomic E-state index is 0.216. The number of nitrogens with zero attached hydrogens (tertiary/aromatic N) is 1. The Morgan fingerprint density at radius 2 is 1.86 bits per heavy atom. The van der Waals surface area contributed by atoms with Crippen molar-refractivity contribution in [3.05, 3.63) is 107 Å². The third kappa shape index (κ3) is 5.31. The molecule has 1 aromatic heterocycles. The van der Waals surface area contributed by atoms with Crippen LogP contribution in [0.3, 0.4) is 0 Å². The van der Waals surface area contributed by atoms with Gasteiger partial charge in [-0.25, -0.2) is 4.98 Å². The van der Waals surface area contributed by atoms with Gasteiger partial charge < -0.3 is 14.3 Å². The fourth-order valence-electron chi connectivity index (χ4n) is 5.48. The van der Waals surface area contributed by atoms with Crippen LogP contribution in [-0.4, -0.2) is 22.7 Å². The van der Waals surface area contributed by atoms with Gasteiger partial charge in [-0.3, -0.25) is 4.79 Å². The maximum atomic E-state index is 12.0. The molecule has 0 bridgehead atoms. The van der Waals surface area contributed by atoms with Crippen LogP contribution in [-0.2, 0) is 17.6 Å². The van der Waals surface area contributed by atoms with Crippen molar-refractivity contribution in [3.63, 3.8) is 0 Å². The van der Waals surface area contributed by atoms with Crippen LogP contribution < -0.4 is 4.74 Å². The van der Waals surface area contributed by atoms with Gasteiger partial charge in [0.05, 0.1) is 18.2 Å². The SMILES string of the molecule is CCCC(C(=O)O)c1ccccc1C1CCc2cc(OCCc3nc(-c4ccccc4)oc3C)ccc21. The molecule has 1 aliphatic rings. The zero-order chi connectivity index (χ0) is 25.8. The number of benzene rings is 3. The highest BCUT2D eigenvalue weighted by molar-refractivity contribution is 5.77. The molecule has 0 radical (unpaired) electrons. The number of carbonyl (C=O) groups is 1. The topological polar surface area (TPSA) is 72.6 Å². The first-order valence-electron chi connectivity index (χ1n) is 13.1. The molecule has 1 aliphatic carbocycles. The lowest BCUT2D eigenvalue weighted by atomic mass is 9.83. The van der Waals surface area contributed by atoms with Gasteiger partial charge >= 0.3 is 5.97 Å². The highest BCUT2D eigenvalue weighted by atomic mass is 16.5. The maximum absolute atomic E-state index is 12.0. The molecule has 4 aromatic rings. The molecule has 0 amide bonds. The van der Waals surface area contributed by atoms with E-state index in [0.29, 0.717) is 25.3 Å². The van der Waals surface area contributed by atoms with E-state index in [1.807, 2.05) is 68.4 Å². The summed E-state index contributed by atoms with van der Waals surface area (Å²) in [4.78, 5) is 16.7. The lowest BCUT2D eigenvalue weighted by Gasteiger charge is -2.21. The molecule has 1 N–H and O–H groups in total. The molecule has 0 saturated carbocycles. The van der Waals surface area contributed by atoms with Crippen LogP contribution in [0.4, 0.5) is 0 Å². The number of aliphatic carboxylic acids is 1. The van der Waals surface area contributed by atoms with Crippen molar-refractivity contribution in [3.8, 4) is 17.2 Å². The first-order chi connectivity index (χ1) is 18.0. The summed E-state index contributed by atoms with van der Waals surface area (Å²) in [6, 6.07) is 24.3. The average molecular weight is 496 g/mol. The van der Waals surface area contributed by atoms with Gasteiger partial charge in [0.25, 0.3) is 0 Å². The first kappa shape index (κ1) is 24.8. The Morgan fingerprint density at radius 3 is 2.65 bits per heavy atom. The number of hydrogen-bond acceptors (Lipinski definition) is 4. The Morgan fingerprint density at radius 1 is 1.08 bits per heavy atom. The van der Waals surface area contributed by atoms with E-state index in [9.17, 15) is 9.90 Å². The molecular weight excluding hydrogens is 462 g/mol. The van der Waals surface area contributed by atoms with E-state index in [1.54, 1.807) is 0 Å².